The van der Waals surface area contributed by atoms with Crippen LogP contribution in [0.2, 0.25) is 0 Å². The first-order chi connectivity index (χ1) is 7.93. The van der Waals surface area contributed by atoms with Gasteiger partial charge in [0.1, 0.15) is 6.10 Å². The smallest absolute Gasteiger partial charge is 0.293 e. The van der Waals surface area contributed by atoms with Crippen LogP contribution in [0.25, 0.3) is 11.7 Å². The first-order valence-corrected chi connectivity index (χ1v) is 5.13. The van der Waals surface area contributed by atoms with Gasteiger partial charge in [0.15, 0.2) is 5.76 Å². The molecule has 0 saturated carbocycles. The number of nitrogens with zero attached hydrogens (tertiary/aromatic N) is 2. The van der Waals surface area contributed by atoms with Crippen LogP contribution in [0.15, 0.2) is 27.3 Å². The fourth-order valence-electron chi connectivity index (χ4n) is 1.60. The number of furan rings is 1. The highest BCUT2D eigenvalue weighted by Crippen LogP contribution is 2.21. The predicted octanol–water partition coefficient (Wildman–Crippen LogP) is 0.990. The zero-order valence-electron chi connectivity index (χ0n) is 8.55. The third-order valence-corrected chi connectivity index (χ3v) is 2.39. The molecule has 3 heterocycles. The number of hydrogen-bond acceptors (Lipinski definition) is 6. The standard InChI is InChI=1S/C10H11N3O3/c1-2-7(14-4-1)10-12-9(13-16-10)8-6-11-3-5-15-8/h1-2,4,8,11H,3,5-6H2. The Balaban J connectivity index is 1.82. The van der Waals surface area contributed by atoms with E-state index in [1.807, 2.05) is 0 Å². The lowest BCUT2D eigenvalue weighted by molar-refractivity contribution is 0.0208. The first kappa shape index (κ1) is 9.56. The van der Waals surface area contributed by atoms with E-state index in [1.165, 1.54) is 0 Å². The van der Waals surface area contributed by atoms with Gasteiger partial charge in [-0.3, -0.25) is 0 Å². The van der Waals surface area contributed by atoms with E-state index < -0.39 is 0 Å². The molecule has 0 aliphatic carbocycles. The van der Waals surface area contributed by atoms with Crippen LogP contribution in [0.3, 0.4) is 0 Å². The Morgan fingerprint density at radius 1 is 1.44 bits per heavy atom. The summed E-state index contributed by atoms with van der Waals surface area (Å²) in [5, 5.41) is 7.09. The zero-order valence-corrected chi connectivity index (χ0v) is 8.55. The molecule has 6 heteroatoms. The second kappa shape index (κ2) is 4.07. The number of rotatable bonds is 2. The van der Waals surface area contributed by atoms with Crippen molar-refractivity contribution in [1.82, 2.24) is 15.5 Å². The van der Waals surface area contributed by atoms with Gasteiger partial charge < -0.3 is 19.0 Å². The average molecular weight is 221 g/mol. The van der Waals surface area contributed by atoms with Gasteiger partial charge in [0.25, 0.3) is 5.89 Å². The summed E-state index contributed by atoms with van der Waals surface area (Å²) in [6.45, 7) is 2.23. The van der Waals surface area contributed by atoms with E-state index in [-0.39, 0.29) is 6.10 Å². The van der Waals surface area contributed by atoms with Gasteiger partial charge >= 0.3 is 0 Å². The average Bonchev–Trinajstić information content (AvgIpc) is 3.01. The zero-order chi connectivity index (χ0) is 10.8. The van der Waals surface area contributed by atoms with E-state index in [0.29, 0.717) is 30.6 Å². The molecule has 0 bridgehead atoms. The van der Waals surface area contributed by atoms with Gasteiger partial charge in [-0.2, -0.15) is 4.98 Å². The van der Waals surface area contributed by atoms with Crippen molar-refractivity contribution >= 4 is 0 Å². The van der Waals surface area contributed by atoms with Crippen molar-refractivity contribution in [3.8, 4) is 11.7 Å². The van der Waals surface area contributed by atoms with Crippen LogP contribution in [0.5, 0.6) is 0 Å². The highest BCUT2D eigenvalue weighted by atomic mass is 16.5. The highest BCUT2D eigenvalue weighted by molar-refractivity contribution is 5.42. The van der Waals surface area contributed by atoms with E-state index >= 15 is 0 Å². The minimum absolute atomic E-state index is 0.138. The largest absolute Gasteiger partial charge is 0.459 e. The van der Waals surface area contributed by atoms with Crippen LogP contribution in [-0.4, -0.2) is 29.8 Å². The third kappa shape index (κ3) is 1.72. The molecule has 1 unspecified atom stereocenters. The molecule has 1 N–H and O–H groups in total. The van der Waals surface area contributed by atoms with Crippen molar-refractivity contribution < 1.29 is 13.7 Å². The van der Waals surface area contributed by atoms with Crippen LogP contribution in [-0.2, 0) is 4.74 Å². The molecule has 84 valence electrons. The molecular weight excluding hydrogens is 210 g/mol. The Labute approximate surface area is 91.6 Å². The van der Waals surface area contributed by atoms with Crippen molar-refractivity contribution in [2.24, 2.45) is 0 Å². The van der Waals surface area contributed by atoms with Crippen molar-refractivity contribution in [3.05, 3.63) is 24.2 Å². The lowest BCUT2D eigenvalue weighted by Gasteiger charge is -2.20. The Morgan fingerprint density at radius 2 is 2.44 bits per heavy atom. The summed E-state index contributed by atoms with van der Waals surface area (Å²) >= 11 is 0. The summed E-state index contributed by atoms with van der Waals surface area (Å²) in [6.07, 6.45) is 1.43. The number of nitrogens with one attached hydrogen (secondary N) is 1. The maximum Gasteiger partial charge on any atom is 0.293 e. The Hall–Kier alpha value is -1.66. The monoisotopic (exact) mass is 221 g/mol. The molecule has 3 rings (SSSR count). The molecule has 0 aromatic carbocycles. The van der Waals surface area contributed by atoms with Crippen molar-refractivity contribution in [1.29, 1.82) is 0 Å². The molecule has 1 aliphatic heterocycles. The van der Waals surface area contributed by atoms with Crippen LogP contribution in [0.1, 0.15) is 11.9 Å². The summed E-state index contributed by atoms with van der Waals surface area (Å²) in [6, 6.07) is 3.55. The molecule has 1 aliphatic rings. The second-order valence-corrected chi connectivity index (χ2v) is 3.50. The Morgan fingerprint density at radius 3 is 3.19 bits per heavy atom. The van der Waals surface area contributed by atoms with Gasteiger partial charge in [-0.1, -0.05) is 5.16 Å². The summed E-state index contributed by atoms with van der Waals surface area (Å²) in [5.74, 6) is 1.51. The minimum Gasteiger partial charge on any atom is -0.459 e. The molecule has 16 heavy (non-hydrogen) atoms. The predicted molar refractivity (Wildman–Crippen MR) is 53.6 cm³/mol. The van der Waals surface area contributed by atoms with Gasteiger partial charge in [0, 0.05) is 13.1 Å². The van der Waals surface area contributed by atoms with Crippen LogP contribution >= 0.6 is 0 Å². The van der Waals surface area contributed by atoms with E-state index in [2.05, 4.69) is 15.5 Å². The molecule has 0 spiro atoms. The van der Waals surface area contributed by atoms with E-state index in [9.17, 15) is 0 Å². The van der Waals surface area contributed by atoms with Crippen LogP contribution in [0, 0.1) is 0 Å². The Bertz CT molecular complexity index is 446. The van der Waals surface area contributed by atoms with E-state index in [0.717, 1.165) is 6.54 Å². The van der Waals surface area contributed by atoms with Crippen LogP contribution < -0.4 is 5.32 Å². The van der Waals surface area contributed by atoms with Gasteiger partial charge in [-0.05, 0) is 12.1 Å². The van der Waals surface area contributed by atoms with E-state index in [1.54, 1.807) is 18.4 Å². The topological polar surface area (TPSA) is 73.3 Å². The maximum atomic E-state index is 5.52. The fraction of sp³-hybridized carbons (Fsp3) is 0.400. The molecule has 2 aromatic rings. The maximum absolute atomic E-state index is 5.52. The highest BCUT2D eigenvalue weighted by Gasteiger charge is 2.22. The van der Waals surface area contributed by atoms with Gasteiger partial charge in [0.05, 0.1) is 12.9 Å². The SMILES string of the molecule is c1coc(-c2nc(C3CNCCO3)no2)c1. The van der Waals surface area contributed by atoms with E-state index in [4.69, 9.17) is 13.7 Å². The fourth-order valence-corrected chi connectivity index (χ4v) is 1.60. The normalized spacial score (nSPS) is 21.1. The lowest BCUT2D eigenvalue weighted by Crippen LogP contribution is -2.33. The molecule has 2 aromatic heterocycles. The minimum atomic E-state index is -0.138. The summed E-state index contributed by atoms with van der Waals surface area (Å²) in [4.78, 5) is 4.24. The summed E-state index contributed by atoms with van der Waals surface area (Å²) < 4.78 is 15.8. The van der Waals surface area contributed by atoms with Crippen molar-refractivity contribution in [2.45, 2.75) is 6.10 Å². The molecule has 0 amide bonds. The van der Waals surface area contributed by atoms with Crippen molar-refractivity contribution in [2.75, 3.05) is 19.7 Å². The van der Waals surface area contributed by atoms with Crippen molar-refractivity contribution in [3.63, 3.8) is 0 Å². The van der Waals surface area contributed by atoms with Gasteiger partial charge in [-0.25, -0.2) is 0 Å². The second-order valence-electron chi connectivity index (χ2n) is 3.50. The molecular formula is C10H11N3O3. The molecule has 0 radical (unpaired) electrons. The molecule has 1 atom stereocenters. The summed E-state index contributed by atoms with van der Waals surface area (Å²) in [7, 11) is 0. The van der Waals surface area contributed by atoms with Gasteiger partial charge in [-0.15, -0.1) is 0 Å². The number of hydrogen-bond donors (Lipinski definition) is 1. The first-order valence-electron chi connectivity index (χ1n) is 5.13. The van der Waals surface area contributed by atoms with Crippen LogP contribution in [0.4, 0.5) is 0 Å². The molecule has 1 saturated heterocycles. The molecule has 1 fully saturated rings. The van der Waals surface area contributed by atoms with Gasteiger partial charge in [0.2, 0.25) is 5.82 Å². The summed E-state index contributed by atoms with van der Waals surface area (Å²) in [5.41, 5.74) is 0. The molecule has 6 nitrogen and oxygen atoms in total. The number of ether oxygens (including phenoxy) is 1. The number of aromatic nitrogens is 2. The third-order valence-electron chi connectivity index (χ3n) is 2.39. The Kier molecular flexibility index (Phi) is 2.43. The lowest BCUT2D eigenvalue weighted by atomic mass is 10.3. The number of morpholine rings is 1. The quantitative estimate of drug-likeness (QED) is 0.815.